The smallest absolute Gasteiger partial charge is 0.0519 e. The molecule has 0 spiro atoms. The second kappa shape index (κ2) is 5.10. The topological polar surface area (TPSA) is 43.7 Å². The van der Waals surface area contributed by atoms with Crippen LogP contribution in [0.2, 0.25) is 0 Å². The van der Waals surface area contributed by atoms with Crippen molar-refractivity contribution in [2.24, 2.45) is 11.3 Å². The standard InChI is InChI=1S/C11H23NO2/c1-11(8-13,9-14)7-12(2)6-10-4-3-5-10/h10,13-14H,3-9H2,1-2H3. The molecule has 1 aliphatic rings. The highest BCUT2D eigenvalue weighted by molar-refractivity contribution is 4.79. The van der Waals surface area contributed by atoms with Gasteiger partial charge in [0.15, 0.2) is 0 Å². The van der Waals surface area contributed by atoms with Gasteiger partial charge in [-0.05, 0) is 25.8 Å². The van der Waals surface area contributed by atoms with Crippen LogP contribution in [0.4, 0.5) is 0 Å². The van der Waals surface area contributed by atoms with Gasteiger partial charge in [0.25, 0.3) is 0 Å². The third-order valence-corrected chi connectivity index (χ3v) is 3.21. The molecule has 1 fully saturated rings. The van der Waals surface area contributed by atoms with Crippen LogP contribution in [0.3, 0.4) is 0 Å². The molecule has 1 aliphatic carbocycles. The Bertz CT molecular complexity index is 165. The van der Waals surface area contributed by atoms with Gasteiger partial charge in [-0.1, -0.05) is 13.3 Å². The van der Waals surface area contributed by atoms with Crippen molar-refractivity contribution in [1.82, 2.24) is 4.90 Å². The Hall–Kier alpha value is -0.120. The minimum atomic E-state index is -0.349. The van der Waals surface area contributed by atoms with Crippen molar-refractivity contribution in [1.29, 1.82) is 0 Å². The predicted molar refractivity (Wildman–Crippen MR) is 57.1 cm³/mol. The first-order valence-corrected chi connectivity index (χ1v) is 5.50. The lowest BCUT2D eigenvalue weighted by Gasteiger charge is -2.35. The summed E-state index contributed by atoms with van der Waals surface area (Å²) in [5.41, 5.74) is -0.349. The normalized spacial score (nSPS) is 18.6. The van der Waals surface area contributed by atoms with Crippen molar-refractivity contribution in [3.63, 3.8) is 0 Å². The van der Waals surface area contributed by atoms with Crippen LogP contribution >= 0.6 is 0 Å². The number of aliphatic hydroxyl groups excluding tert-OH is 2. The first-order chi connectivity index (χ1) is 6.59. The Morgan fingerprint density at radius 3 is 2.21 bits per heavy atom. The van der Waals surface area contributed by atoms with E-state index in [0.29, 0.717) is 0 Å². The summed E-state index contributed by atoms with van der Waals surface area (Å²) in [4.78, 5) is 2.23. The van der Waals surface area contributed by atoms with Crippen LogP contribution in [0, 0.1) is 11.3 Å². The molecule has 84 valence electrons. The molecule has 3 heteroatoms. The van der Waals surface area contributed by atoms with E-state index in [0.717, 1.165) is 19.0 Å². The molecule has 14 heavy (non-hydrogen) atoms. The summed E-state index contributed by atoms with van der Waals surface area (Å²) in [7, 11) is 2.07. The zero-order valence-electron chi connectivity index (χ0n) is 9.37. The Balaban J connectivity index is 2.26. The zero-order valence-corrected chi connectivity index (χ0v) is 9.37. The Labute approximate surface area is 86.7 Å². The molecule has 2 N–H and O–H groups in total. The van der Waals surface area contributed by atoms with Crippen molar-refractivity contribution in [3.8, 4) is 0 Å². The van der Waals surface area contributed by atoms with Crippen LogP contribution in [0.25, 0.3) is 0 Å². The minimum Gasteiger partial charge on any atom is -0.396 e. The molecule has 0 heterocycles. The predicted octanol–water partition coefficient (Wildman–Crippen LogP) is 0.709. The summed E-state index contributed by atoms with van der Waals surface area (Å²) in [6.45, 7) is 3.91. The van der Waals surface area contributed by atoms with Crippen molar-refractivity contribution >= 4 is 0 Å². The molecule has 0 aromatic carbocycles. The summed E-state index contributed by atoms with van der Waals surface area (Å²) < 4.78 is 0. The maximum Gasteiger partial charge on any atom is 0.0519 e. The molecule has 0 aliphatic heterocycles. The first-order valence-electron chi connectivity index (χ1n) is 5.50. The lowest BCUT2D eigenvalue weighted by atomic mass is 9.84. The monoisotopic (exact) mass is 201 g/mol. The van der Waals surface area contributed by atoms with E-state index < -0.39 is 0 Å². The SMILES string of the molecule is CN(CC1CCC1)CC(C)(CO)CO. The first kappa shape index (κ1) is 12.0. The van der Waals surface area contributed by atoms with Crippen LogP contribution in [-0.2, 0) is 0 Å². The Kier molecular flexibility index (Phi) is 4.35. The van der Waals surface area contributed by atoms with Gasteiger partial charge in [0, 0.05) is 18.5 Å². The average molecular weight is 201 g/mol. The summed E-state index contributed by atoms with van der Waals surface area (Å²) in [6.07, 6.45) is 4.06. The molecule has 0 bridgehead atoms. The largest absolute Gasteiger partial charge is 0.396 e. The van der Waals surface area contributed by atoms with Crippen molar-refractivity contribution in [2.75, 3.05) is 33.4 Å². The van der Waals surface area contributed by atoms with Crippen molar-refractivity contribution in [2.45, 2.75) is 26.2 Å². The molecule has 1 saturated carbocycles. The van der Waals surface area contributed by atoms with Crippen LogP contribution in [-0.4, -0.2) is 48.5 Å². The molecule has 3 nitrogen and oxygen atoms in total. The van der Waals surface area contributed by atoms with E-state index in [1.165, 1.54) is 19.3 Å². The van der Waals surface area contributed by atoms with E-state index >= 15 is 0 Å². The Morgan fingerprint density at radius 1 is 1.29 bits per heavy atom. The van der Waals surface area contributed by atoms with Gasteiger partial charge in [-0.15, -0.1) is 0 Å². The molecule has 1 rings (SSSR count). The maximum absolute atomic E-state index is 9.15. The van der Waals surface area contributed by atoms with E-state index in [-0.39, 0.29) is 18.6 Å². The Morgan fingerprint density at radius 2 is 1.86 bits per heavy atom. The number of aliphatic hydroxyl groups is 2. The maximum atomic E-state index is 9.15. The number of hydrogen-bond donors (Lipinski definition) is 2. The van der Waals surface area contributed by atoms with E-state index in [2.05, 4.69) is 11.9 Å². The molecule has 0 unspecified atom stereocenters. The molecule has 0 atom stereocenters. The summed E-state index contributed by atoms with van der Waals surface area (Å²) in [6, 6.07) is 0. The fraction of sp³-hybridized carbons (Fsp3) is 1.00. The second-order valence-corrected chi connectivity index (χ2v) is 5.12. The van der Waals surface area contributed by atoms with Gasteiger partial charge in [0.1, 0.15) is 0 Å². The molecule has 0 amide bonds. The molecule has 0 aromatic heterocycles. The number of rotatable bonds is 6. The third-order valence-electron chi connectivity index (χ3n) is 3.21. The highest BCUT2D eigenvalue weighted by atomic mass is 16.3. The molecular formula is C11H23NO2. The van der Waals surface area contributed by atoms with Gasteiger partial charge in [-0.25, -0.2) is 0 Å². The average Bonchev–Trinajstić information content (AvgIpc) is 2.11. The highest BCUT2D eigenvalue weighted by Gasteiger charge is 2.26. The lowest BCUT2D eigenvalue weighted by molar-refractivity contribution is 0.0346. The van der Waals surface area contributed by atoms with Gasteiger partial charge in [-0.3, -0.25) is 0 Å². The zero-order chi connectivity index (χ0) is 10.6. The number of nitrogens with zero attached hydrogens (tertiary/aromatic N) is 1. The van der Waals surface area contributed by atoms with Gasteiger partial charge in [-0.2, -0.15) is 0 Å². The summed E-state index contributed by atoms with van der Waals surface area (Å²) in [5, 5.41) is 18.3. The van der Waals surface area contributed by atoms with Crippen LogP contribution in [0.15, 0.2) is 0 Å². The van der Waals surface area contributed by atoms with Crippen LogP contribution < -0.4 is 0 Å². The van der Waals surface area contributed by atoms with E-state index in [4.69, 9.17) is 10.2 Å². The fourth-order valence-corrected chi connectivity index (χ4v) is 1.98. The van der Waals surface area contributed by atoms with Gasteiger partial charge in [0.2, 0.25) is 0 Å². The molecular weight excluding hydrogens is 178 g/mol. The second-order valence-electron chi connectivity index (χ2n) is 5.12. The van der Waals surface area contributed by atoms with Crippen molar-refractivity contribution < 1.29 is 10.2 Å². The number of hydrogen-bond acceptors (Lipinski definition) is 3. The highest BCUT2D eigenvalue weighted by Crippen LogP contribution is 2.27. The van der Waals surface area contributed by atoms with E-state index in [1.807, 2.05) is 6.92 Å². The van der Waals surface area contributed by atoms with Crippen LogP contribution in [0.5, 0.6) is 0 Å². The molecule has 0 saturated heterocycles. The molecule has 0 radical (unpaired) electrons. The third kappa shape index (κ3) is 3.23. The van der Waals surface area contributed by atoms with Gasteiger partial charge >= 0.3 is 0 Å². The summed E-state index contributed by atoms with van der Waals surface area (Å²) in [5.74, 6) is 0.849. The van der Waals surface area contributed by atoms with Gasteiger partial charge < -0.3 is 15.1 Å². The minimum absolute atomic E-state index is 0.0541. The van der Waals surface area contributed by atoms with E-state index in [9.17, 15) is 0 Å². The van der Waals surface area contributed by atoms with Gasteiger partial charge in [0.05, 0.1) is 13.2 Å². The summed E-state index contributed by atoms with van der Waals surface area (Å²) >= 11 is 0. The van der Waals surface area contributed by atoms with Crippen LogP contribution in [0.1, 0.15) is 26.2 Å². The van der Waals surface area contributed by atoms with Crippen molar-refractivity contribution in [3.05, 3.63) is 0 Å². The quantitative estimate of drug-likeness (QED) is 0.665. The lowest BCUT2D eigenvalue weighted by Crippen LogP contribution is -2.41. The fourth-order valence-electron chi connectivity index (χ4n) is 1.98. The molecule has 0 aromatic rings. The van der Waals surface area contributed by atoms with E-state index in [1.54, 1.807) is 0 Å².